The molecule has 1 rings (SSSR count). The van der Waals surface area contributed by atoms with E-state index < -0.39 is 0 Å². The first-order chi connectivity index (χ1) is 5.97. The summed E-state index contributed by atoms with van der Waals surface area (Å²) >= 11 is 5.92. The van der Waals surface area contributed by atoms with Crippen molar-refractivity contribution in [2.24, 2.45) is 5.73 Å². The molecule has 2 N–H and O–H groups in total. The zero-order valence-electron chi connectivity index (χ0n) is 8.39. The van der Waals surface area contributed by atoms with E-state index in [1.54, 1.807) is 0 Å². The Hall–Kier alpha value is -0.530. The molecular formula is C11H16ClN. The molecule has 2 heteroatoms. The van der Waals surface area contributed by atoms with Gasteiger partial charge in [-0.1, -0.05) is 24.6 Å². The molecule has 1 unspecified atom stereocenters. The molecule has 0 heterocycles. The van der Waals surface area contributed by atoms with Gasteiger partial charge in [0.05, 0.1) is 0 Å². The zero-order chi connectivity index (χ0) is 10.1. The van der Waals surface area contributed by atoms with Gasteiger partial charge in [-0.05, 0) is 43.5 Å². The van der Waals surface area contributed by atoms with Gasteiger partial charge in [-0.15, -0.1) is 0 Å². The van der Waals surface area contributed by atoms with E-state index in [0.717, 1.165) is 17.0 Å². The van der Waals surface area contributed by atoms with Crippen LogP contribution in [0.4, 0.5) is 0 Å². The first kappa shape index (κ1) is 10.6. The normalized spacial score (nSPS) is 15.5. The van der Waals surface area contributed by atoms with Gasteiger partial charge < -0.3 is 5.73 Å². The average molecular weight is 198 g/mol. The quantitative estimate of drug-likeness (QED) is 0.774. The van der Waals surface area contributed by atoms with E-state index in [1.807, 2.05) is 25.1 Å². The molecular weight excluding hydrogens is 182 g/mol. The second-order valence-electron chi connectivity index (χ2n) is 3.73. The van der Waals surface area contributed by atoms with E-state index in [-0.39, 0.29) is 5.54 Å². The molecule has 72 valence electrons. The molecule has 0 aromatic heterocycles. The van der Waals surface area contributed by atoms with E-state index in [2.05, 4.69) is 13.8 Å². The summed E-state index contributed by atoms with van der Waals surface area (Å²) in [5, 5.41) is 0.755. The first-order valence-electron chi connectivity index (χ1n) is 4.53. The summed E-state index contributed by atoms with van der Waals surface area (Å²) in [5.74, 6) is 0. The summed E-state index contributed by atoms with van der Waals surface area (Å²) in [6.45, 7) is 6.18. The Morgan fingerprint density at radius 1 is 1.46 bits per heavy atom. The van der Waals surface area contributed by atoms with Gasteiger partial charge in [-0.25, -0.2) is 0 Å². The van der Waals surface area contributed by atoms with Crippen molar-refractivity contribution in [3.63, 3.8) is 0 Å². The summed E-state index contributed by atoms with van der Waals surface area (Å²) in [5.41, 5.74) is 8.23. The maximum atomic E-state index is 6.15. The second-order valence-corrected chi connectivity index (χ2v) is 4.17. The van der Waals surface area contributed by atoms with Gasteiger partial charge in [0, 0.05) is 10.6 Å². The van der Waals surface area contributed by atoms with Crippen molar-refractivity contribution >= 4 is 11.6 Å². The molecule has 0 aliphatic rings. The molecule has 1 aromatic carbocycles. The number of benzene rings is 1. The van der Waals surface area contributed by atoms with Crippen LogP contribution in [0.3, 0.4) is 0 Å². The third-order valence-corrected chi connectivity index (χ3v) is 2.78. The fourth-order valence-corrected chi connectivity index (χ4v) is 1.57. The lowest BCUT2D eigenvalue weighted by atomic mass is 9.87. The van der Waals surface area contributed by atoms with Crippen molar-refractivity contribution in [2.45, 2.75) is 32.7 Å². The Morgan fingerprint density at radius 2 is 2.08 bits per heavy atom. The van der Waals surface area contributed by atoms with Crippen LogP contribution in [0.2, 0.25) is 5.02 Å². The fraction of sp³-hybridized carbons (Fsp3) is 0.455. The van der Waals surface area contributed by atoms with Gasteiger partial charge in [0.2, 0.25) is 0 Å². The number of hydrogen-bond acceptors (Lipinski definition) is 1. The highest BCUT2D eigenvalue weighted by Gasteiger charge is 2.20. The number of nitrogens with two attached hydrogens (primary N) is 1. The second kappa shape index (κ2) is 3.69. The molecule has 0 aliphatic carbocycles. The first-order valence-corrected chi connectivity index (χ1v) is 4.90. The molecule has 1 atom stereocenters. The van der Waals surface area contributed by atoms with E-state index in [9.17, 15) is 0 Å². The third kappa shape index (κ3) is 2.23. The van der Waals surface area contributed by atoms with Gasteiger partial charge >= 0.3 is 0 Å². The highest BCUT2D eigenvalue weighted by molar-refractivity contribution is 6.30. The van der Waals surface area contributed by atoms with E-state index >= 15 is 0 Å². The van der Waals surface area contributed by atoms with Crippen molar-refractivity contribution in [1.29, 1.82) is 0 Å². The van der Waals surface area contributed by atoms with Crippen LogP contribution in [0.5, 0.6) is 0 Å². The number of hydrogen-bond donors (Lipinski definition) is 1. The summed E-state index contributed by atoms with van der Waals surface area (Å²) in [6.07, 6.45) is 0.911. The number of aryl methyl sites for hydroxylation is 1. The minimum Gasteiger partial charge on any atom is -0.322 e. The summed E-state index contributed by atoms with van der Waals surface area (Å²) < 4.78 is 0. The highest BCUT2D eigenvalue weighted by atomic mass is 35.5. The SMILES string of the molecule is CCC(C)(N)c1cc(Cl)ccc1C. The van der Waals surface area contributed by atoms with Gasteiger partial charge in [-0.2, -0.15) is 0 Å². The highest BCUT2D eigenvalue weighted by Crippen LogP contribution is 2.27. The van der Waals surface area contributed by atoms with Crippen LogP contribution in [-0.2, 0) is 5.54 Å². The smallest absolute Gasteiger partial charge is 0.0409 e. The zero-order valence-corrected chi connectivity index (χ0v) is 9.15. The molecule has 1 aromatic rings. The molecule has 0 fully saturated rings. The minimum absolute atomic E-state index is 0.269. The Morgan fingerprint density at radius 3 is 2.62 bits per heavy atom. The third-order valence-electron chi connectivity index (χ3n) is 2.55. The number of halogens is 1. The van der Waals surface area contributed by atoms with E-state index in [0.29, 0.717) is 0 Å². The van der Waals surface area contributed by atoms with Crippen LogP contribution < -0.4 is 5.73 Å². The summed E-state index contributed by atoms with van der Waals surface area (Å²) in [6, 6.07) is 5.87. The van der Waals surface area contributed by atoms with Crippen LogP contribution in [0.15, 0.2) is 18.2 Å². The summed E-state index contributed by atoms with van der Waals surface area (Å²) in [4.78, 5) is 0. The minimum atomic E-state index is -0.269. The van der Waals surface area contributed by atoms with Gasteiger partial charge in [0.15, 0.2) is 0 Å². The van der Waals surface area contributed by atoms with E-state index in [4.69, 9.17) is 17.3 Å². The number of rotatable bonds is 2. The molecule has 13 heavy (non-hydrogen) atoms. The van der Waals surface area contributed by atoms with Crippen molar-refractivity contribution < 1.29 is 0 Å². The van der Waals surface area contributed by atoms with Crippen LogP contribution in [0, 0.1) is 6.92 Å². The topological polar surface area (TPSA) is 26.0 Å². The Bertz CT molecular complexity index is 305. The molecule has 0 bridgehead atoms. The predicted molar refractivity (Wildman–Crippen MR) is 58.0 cm³/mol. The van der Waals surface area contributed by atoms with Crippen LogP contribution >= 0.6 is 11.6 Å². The maximum Gasteiger partial charge on any atom is 0.0409 e. The molecule has 0 aliphatic heterocycles. The van der Waals surface area contributed by atoms with Gasteiger partial charge in [0.1, 0.15) is 0 Å². The molecule has 1 nitrogen and oxygen atoms in total. The summed E-state index contributed by atoms with van der Waals surface area (Å²) in [7, 11) is 0. The van der Waals surface area contributed by atoms with Crippen molar-refractivity contribution in [3.8, 4) is 0 Å². The molecule has 0 spiro atoms. The van der Waals surface area contributed by atoms with Crippen LogP contribution in [-0.4, -0.2) is 0 Å². The largest absolute Gasteiger partial charge is 0.322 e. The van der Waals surface area contributed by atoms with Gasteiger partial charge in [0.25, 0.3) is 0 Å². The Labute approximate surface area is 84.9 Å². The lowest BCUT2D eigenvalue weighted by Crippen LogP contribution is -2.32. The monoisotopic (exact) mass is 197 g/mol. The molecule has 0 amide bonds. The predicted octanol–water partition coefficient (Wildman–Crippen LogP) is 3.23. The van der Waals surface area contributed by atoms with Crippen LogP contribution in [0.1, 0.15) is 31.4 Å². The molecule has 0 saturated heterocycles. The van der Waals surface area contributed by atoms with Crippen LogP contribution in [0.25, 0.3) is 0 Å². The lowest BCUT2D eigenvalue weighted by Gasteiger charge is -2.25. The van der Waals surface area contributed by atoms with Gasteiger partial charge in [-0.3, -0.25) is 0 Å². The Balaban J connectivity index is 3.20. The Kier molecular flexibility index (Phi) is 2.99. The maximum absolute atomic E-state index is 6.15. The fourth-order valence-electron chi connectivity index (χ4n) is 1.40. The lowest BCUT2D eigenvalue weighted by molar-refractivity contribution is 0.474. The molecule has 0 saturated carbocycles. The van der Waals surface area contributed by atoms with Crippen molar-refractivity contribution in [2.75, 3.05) is 0 Å². The van der Waals surface area contributed by atoms with E-state index in [1.165, 1.54) is 5.56 Å². The molecule has 0 radical (unpaired) electrons. The standard InChI is InChI=1S/C11H16ClN/c1-4-11(3,13)10-7-9(12)6-5-8(10)2/h5-7H,4,13H2,1-3H3. The van der Waals surface area contributed by atoms with Crippen molar-refractivity contribution in [3.05, 3.63) is 34.3 Å². The average Bonchev–Trinajstić information content (AvgIpc) is 2.09. The van der Waals surface area contributed by atoms with Crippen molar-refractivity contribution in [1.82, 2.24) is 0 Å².